The van der Waals surface area contributed by atoms with Gasteiger partial charge in [0.25, 0.3) is 5.91 Å². The molecular weight excluding hydrogens is 312 g/mol. The van der Waals surface area contributed by atoms with Crippen LogP contribution in [0.4, 0.5) is 0 Å². The molecule has 1 fully saturated rings. The summed E-state index contributed by atoms with van der Waals surface area (Å²) in [5.74, 6) is 0.624. The third-order valence-corrected chi connectivity index (χ3v) is 4.71. The number of aryl methyl sites for hydroxylation is 1. The van der Waals surface area contributed by atoms with E-state index in [4.69, 9.17) is 16.3 Å². The Morgan fingerprint density at radius 1 is 1.43 bits per heavy atom. The van der Waals surface area contributed by atoms with Crippen LogP contribution in [0.25, 0.3) is 0 Å². The molecule has 4 nitrogen and oxygen atoms in total. The van der Waals surface area contributed by atoms with Crippen molar-refractivity contribution >= 4 is 17.5 Å². The zero-order chi connectivity index (χ0) is 16.8. The number of amides is 1. The molecule has 1 atom stereocenters. The van der Waals surface area contributed by atoms with E-state index in [9.17, 15) is 4.79 Å². The van der Waals surface area contributed by atoms with Gasteiger partial charge in [0, 0.05) is 24.2 Å². The number of hydrogen-bond donors (Lipinski definition) is 1. The number of nitrogens with one attached hydrogen (secondary N) is 1. The van der Waals surface area contributed by atoms with Crippen LogP contribution in [0, 0.1) is 6.92 Å². The van der Waals surface area contributed by atoms with Gasteiger partial charge >= 0.3 is 0 Å². The molecule has 0 aliphatic carbocycles. The van der Waals surface area contributed by atoms with Crippen LogP contribution in [0.1, 0.15) is 38.7 Å². The van der Waals surface area contributed by atoms with Gasteiger partial charge in [0.1, 0.15) is 5.75 Å². The van der Waals surface area contributed by atoms with Gasteiger partial charge < -0.3 is 15.0 Å². The summed E-state index contributed by atoms with van der Waals surface area (Å²) >= 11 is 6.00. The van der Waals surface area contributed by atoms with Crippen molar-refractivity contribution in [2.75, 3.05) is 19.6 Å². The summed E-state index contributed by atoms with van der Waals surface area (Å²) in [6, 6.07) is 5.70. The topological polar surface area (TPSA) is 41.6 Å². The highest BCUT2D eigenvalue weighted by molar-refractivity contribution is 6.31. The van der Waals surface area contributed by atoms with Gasteiger partial charge in [-0.25, -0.2) is 0 Å². The molecule has 1 aromatic rings. The fourth-order valence-electron chi connectivity index (χ4n) is 2.88. The molecule has 0 spiro atoms. The van der Waals surface area contributed by atoms with Crippen molar-refractivity contribution in [3.05, 3.63) is 28.8 Å². The Kier molecular flexibility index (Phi) is 6.72. The summed E-state index contributed by atoms with van der Waals surface area (Å²) in [4.78, 5) is 14.8. The van der Waals surface area contributed by atoms with E-state index in [0.717, 1.165) is 38.0 Å². The van der Waals surface area contributed by atoms with Crippen molar-refractivity contribution in [3.8, 4) is 5.75 Å². The third kappa shape index (κ3) is 5.40. The Labute approximate surface area is 144 Å². The van der Waals surface area contributed by atoms with Crippen molar-refractivity contribution in [3.63, 3.8) is 0 Å². The number of rotatable bonds is 6. The molecule has 1 heterocycles. The predicted molar refractivity (Wildman–Crippen MR) is 94.2 cm³/mol. The third-order valence-electron chi connectivity index (χ3n) is 4.29. The molecule has 1 saturated heterocycles. The molecule has 5 heteroatoms. The normalized spacial score (nSPS) is 17.7. The quantitative estimate of drug-likeness (QED) is 0.864. The summed E-state index contributed by atoms with van der Waals surface area (Å²) in [6.45, 7) is 9.17. The molecule has 0 saturated carbocycles. The zero-order valence-electron chi connectivity index (χ0n) is 14.3. The minimum atomic E-state index is -0.510. The van der Waals surface area contributed by atoms with E-state index in [-0.39, 0.29) is 11.9 Å². The molecule has 2 rings (SSSR count). The van der Waals surface area contributed by atoms with E-state index in [1.165, 1.54) is 6.42 Å². The van der Waals surface area contributed by atoms with Crippen LogP contribution in [0.2, 0.25) is 5.02 Å². The van der Waals surface area contributed by atoms with Gasteiger partial charge in [0.2, 0.25) is 0 Å². The molecule has 0 radical (unpaired) electrons. The number of benzene rings is 1. The lowest BCUT2D eigenvalue weighted by Crippen LogP contribution is -2.48. The molecule has 1 aliphatic rings. The van der Waals surface area contributed by atoms with Gasteiger partial charge in [0.05, 0.1) is 0 Å². The maximum absolute atomic E-state index is 12.3. The summed E-state index contributed by atoms with van der Waals surface area (Å²) < 4.78 is 5.73. The number of nitrogens with zero attached hydrogens (tertiary/aromatic N) is 1. The average molecular weight is 339 g/mol. The van der Waals surface area contributed by atoms with Gasteiger partial charge in [-0.05, 0) is 63.4 Å². The Bertz CT molecular complexity index is 528. The molecule has 1 N–H and O–H groups in total. The van der Waals surface area contributed by atoms with E-state index in [1.807, 2.05) is 13.0 Å². The van der Waals surface area contributed by atoms with Gasteiger partial charge in [-0.3, -0.25) is 4.79 Å². The first kappa shape index (κ1) is 18.1. The van der Waals surface area contributed by atoms with E-state index in [1.54, 1.807) is 19.1 Å². The molecule has 128 valence electrons. The van der Waals surface area contributed by atoms with Crippen LogP contribution >= 0.6 is 11.6 Å². The van der Waals surface area contributed by atoms with Gasteiger partial charge in [-0.1, -0.05) is 18.5 Å². The van der Waals surface area contributed by atoms with Crippen molar-refractivity contribution < 1.29 is 9.53 Å². The molecular formula is C18H27ClN2O2. The monoisotopic (exact) mass is 338 g/mol. The van der Waals surface area contributed by atoms with Crippen molar-refractivity contribution in [1.29, 1.82) is 0 Å². The smallest absolute Gasteiger partial charge is 0.260 e. The second kappa shape index (κ2) is 8.55. The van der Waals surface area contributed by atoms with Gasteiger partial charge in [-0.2, -0.15) is 0 Å². The van der Waals surface area contributed by atoms with Crippen molar-refractivity contribution in [1.82, 2.24) is 10.2 Å². The number of hydrogen-bond acceptors (Lipinski definition) is 3. The van der Waals surface area contributed by atoms with Crippen LogP contribution in [0.3, 0.4) is 0 Å². The maximum Gasteiger partial charge on any atom is 0.260 e. The Hall–Kier alpha value is -1.26. The lowest BCUT2D eigenvalue weighted by molar-refractivity contribution is -0.128. The number of carbonyl (C=O) groups is 1. The molecule has 23 heavy (non-hydrogen) atoms. The highest BCUT2D eigenvalue weighted by Gasteiger charge is 2.23. The van der Waals surface area contributed by atoms with Gasteiger partial charge in [0.15, 0.2) is 6.10 Å². The first-order valence-electron chi connectivity index (χ1n) is 8.45. The summed E-state index contributed by atoms with van der Waals surface area (Å²) in [6.07, 6.45) is 2.70. The maximum atomic E-state index is 12.3. The van der Waals surface area contributed by atoms with E-state index >= 15 is 0 Å². The zero-order valence-corrected chi connectivity index (χ0v) is 15.0. The standard InChI is InChI=1S/C18H27ClN2O2/c1-4-9-21-10-7-15(8-11-21)20-18(22)14(3)23-16-5-6-17(19)13(2)12-16/h5-6,12,14-15H,4,7-11H2,1-3H3,(H,20,22)/t14-/m0/s1. The lowest BCUT2D eigenvalue weighted by Gasteiger charge is -2.32. The van der Waals surface area contributed by atoms with Gasteiger partial charge in [-0.15, -0.1) is 0 Å². The van der Waals surface area contributed by atoms with E-state index in [2.05, 4.69) is 17.1 Å². The van der Waals surface area contributed by atoms with Crippen LogP contribution in [0.5, 0.6) is 5.75 Å². The number of carbonyl (C=O) groups excluding carboxylic acids is 1. The fourth-order valence-corrected chi connectivity index (χ4v) is 3.00. The Morgan fingerprint density at radius 3 is 2.74 bits per heavy atom. The highest BCUT2D eigenvalue weighted by Crippen LogP contribution is 2.22. The second-order valence-electron chi connectivity index (χ2n) is 6.30. The van der Waals surface area contributed by atoms with E-state index in [0.29, 0.717) is 10.8 Å². The largest absolute Gasteiger partial charge is 0.481 e. The molecule has 0 unspecified atom stereocenters. The van der Waals surface area contributed by atoms with Crippen molar-refractivity contribution in [2.24, 2.45) is 0 Å². The van der Waals surface area contributed by atoms with E-state index < -0.39 is 6.10 Å². The van der Waals surface area contributed by atoms with Crippen LogP contribution < -0.4 is 10.1 Å². The summed E-state index contributed by atoms with van der Waals surface area (Å²) in [5, 5.41) is 3.81. The first-order valence-corrected chi connectivity index (χ1v) is 8.83. The SMILES string of the molecule is CCCN1CCC(NC(=O)[C@H](C)Oc2ccc(Cl)c(C)c2)CC1. The van der Waals surface area contributed by atoms with Crippen LogP contribution in [0.15, 0.2) is 18.2 Å². The molecule has 1 aliphatic heterocycles. The number of piperidine rings is 1. The minimum Gasteiger partial charge on any atom is -0.481 e. The Morgan fingerprint density at radius 2 is 2.13 bits per heavy atom. The highest BCUT2D eigenvalue weighted by atomic mass is 35.5. The number of ether oxygens (including phenoxy) is 1. The predicted octanol–water partition coefficient (Wildman–Crippen LogP) is 3.41. The average Bonchev–Trinajstić information content (AvgIpc) is 2.53. The number of halogens is 1. The number of likely N-dealkylation sites (tertiary alicyclic amines) is 1. The fraction of sp³-hybridized carbons (Fsp3) is 0.611. The minimum absolute atomic E-state index is 0.0495. The second-order valence-corrected chi connectivity index (χ2v) is 6.70. The first-order chi connectivity index (χ1) is 11.0. The molecule has 1 aromatic carbocycles. The molecule has 0 bridgehead atoms. The Balaban J connectivity index is 1.80. The summed E-state index contributed by atoms with van der Waals surface area (Å²) in [7, 11) is 0. The van der Waals surface area contributed by atoms with Crippen LogP contribution in [-0.2, 0) is 4.79 Å². The van der Waals surface area contributed by atoms with Crippen LogP contribution in [-0.4, -0.2) is 42.6 Å². The summed E-state index contributed by atoms with van der Waals surface area (Å²) in [5.41, 5.74) is 0.945. The lowest BCUT2D eigenvalue weighted by atomic mass is 10.0. The molecule has 1 amide bonds. The van der Waals surface area contributed by atoms with Crippen molar-refractivity contribution in [2.45, 2.75) is 52.2 Å². The molecule has 0 aromatic heterocycles.